The van der Waals surface area contributed by atoms with Gasteiger partial charge in [-0.2, -0.15) is 0 Å². The van der Waals surface area contributed by atoms with Crippen molar-refractivity contribution >= 4 is 5.91 Å². The first-order valence-electron chi connectivity index (χ1n) is 8.21. The van der Waals surface area contributed by atoms with Gasteiger partial charge >= 0.3 is 0 Å². The summed E-state index contributed by atoms with van der Waals surface area (Å²) < 4.78 is 11.1. The molecular formula is C21H21NO3. The lowest BCUT2D eigenvalue weighted by Crippen LogP contribution is -2.33. The molecule has 0 saturated heterocycles. The third kappa shape index (κ3) is 4.29. The molecule has 0 fully saturated rings. The Morgan fingerprint density at radius 1 is 1.04 bits per heavy atom. The summed E-state index contributed by atoms with van der Waals surface area (Å²) in [5, 5.41) is 2.97. The van der Waals surface area contributed by atoms with E-state index in [0.29, 0.717) is 11.5 Å². The molecule has 0 aliphatic rings. The Morgan fingerprint density at radius 3 is 2.52 bits per heavy atom. The average molecular weight is 335 g/mol. The van der Waals surface area contributed by atoms with Gasteiger partial charge in [-0.05, 0) is 54.8 Å². The number of amides is 1. The highest BCUT2D eigenvalue weighted by Crippen LogP contribution is 2.22. The fraction of sp³-hybridized carbons (Fsp3) is 0.190. The fourth-order valence-corrected chi connectivity index (χ4v) is 2.57. The second-order valence-corrected chi connectivity index (χ2v) is 5.96. The topological polar surface area (TPSA) is 51.5 Å². The van der Waals surface area contributed by atoms with Crippen LogP contribution in [0.4, 0.5) is 0 Å². The number of nitrogens with one attached hydrogen (secondary N) is 1. The van der Waals surface area contributed by atoms with E-state index in [4.69, 9.17) is 9.15 Å². The Morgan fingerprint density at radius 2 is 1.84 bits per heavy atom. The molecule has 0 spiro atoms. The zero-order valence-corrected chi connectivity index (χ0v) is 14.4. The molecule has 1 amide bonds. The maximum Gasteiger partial charge on any atom is 0.258 e. The van der Waals surface area contributed by atoms with Crippen molar-refractivity contribution < 1.29 is 13.9 Å². The standard InChI is InChI=1S/C21H21NO3/c1-15-10-11-18(13-16(15)2)25-14-20(23)22-21(19-9-6-12-24-19)17-7-4-3-5-8-17/h3-13,21H,14H2,1-2H3,(H,22,23). The van der Waals surface area contributed by atoms with Crippen LogP contribution < -0.4 is 10.1 Å². The third-order valence-corrected chi connectivity index (χ3v) is 4.11. The molecule has 4 nitrogen and oxygen atoms in total. The first-order valence-corrected chi connectivity index (χ1v) is 8.21. The Bertz CT molecular complexity index is 826. The first kappa shape index (κ1) is 16.8. The molecule has 1 aromatic heterocycles. The summed E-state index contributed by atoms with van der Waals surface area (Å²) >= 11 is 0. The largest absolute Gasteiger partial charge is 0.484 e. The third-order valence-electron chi connectivity index (χ3n) is 4.11. The minimum Gasteiger partial charge on any atom is -0.484 e. The van der Waals surface area contributed by atoms with Crippen LogP contribution in [0.1, 0.15) is 28.5 Å². The minimum atomic E-state index is -0.341. The van der Waals surface area contributed by atoms with Gasteiger partial charge in [0.25, 0.3) is 5.91 Å². The van der Waals surface area contributed by atoms with Gasteiger partial charge in [0, 0.05) is 0 Å². The van der Waals surface area contributed by atoms with Crippen LogP contribution in [0.2, 0.25) is 0 Å². The summed E-state index contributed by atoms with van der Waals surface area (Å²) in [5.41, 5.74) is 3.28. The predicted octanol–water partition coefficient (Wildman–Crippen LogP) is 4.18. The quantitative estimate of drug-likeness (QED) is 0.735. The molecule has 0 aliphatic heterocycles. The van der Waals surface area contributed by atoms with Gasteiger partial charge < -0.3 is 14.5 Å². The second-order valence-electron chi connectivity index (χ2n) is 5.96. The van der Waals surface area contributed by atoms with Crippen LogP contribution in [0.5, 0.6) is 5.75 Å². The second kappa shape index (κ2) is 7.71. The van der Waals surface area contributed by atoms with Crippen LogP contribution >= 0.6 is 0 Å². The summed E-state index contributed by atoms with van der Waals surface area (Å²) in [6.07, 6.45) is 1.60. The van der Waals surface area contributed by atoms with E-state index >= 15 is 0 Å². The van der Waals surface area contributed by atoms with E-state index in [1.807, 2.05) is 74.5 Å². The van der Waals surface area contributed by atoms with Gasteiger partial charge in [-0.3, -0.25) is 4.79 Å². The van der Waals surface area contributed by atoms with Crippen LogP contribution in [0.3, 0.4) is 0 Å². The van der Waals surface area contributed by atoms with Gasteiger partial charge in [-0.15, -0.1) is 0 Å². The van der Waals surface area contributed by atoms with Crippen molar-refractivity contribution in [2.45, 2.75) is 19.9 Å². The number of carbonyl (C=O) groups is 1. The predicted molar refractivity (Wildman–Crippen MR) is 96.5 cm³/mol. The van der Waals surface area contributed by atoms with Crippen LogP contribution in [0, 0.1) is 13.8 Å². The molecule has 0 saturated carbocycles. The van der Waals surface area contributed by atoms with E-state index in [0.717, 1.165) is 11.1 Å². The van der Waals surface area contributed by atoms with Crippen molar-refractivity contribution in [2.24, 2.45) is 0 Å². The van der Waals surface area contributed by atoms with Gasteiger partial charge in [0.05, 0.1) is 6.26 Å². The highest BCUT2D eigenvalue weighted by atomic mass is 16.5. The fourth-order valence-electron chi connectivity index (χ4n) is 2.57. The number of benzene rings is 2. The average Bonchev–Trinajstić information content (AvgIpc) is 3.16. The molecule has 25 heavy (non-hydrogen) atoms. The molecule has 1 heterocycles. The maximum atomic E-state index is 12.4. The Hall–Kier alpha value is -3.01. The monoisotopic (exact) mass is 335 g/mol. The van der Waals surface area contributed by atoms with Gasteiger partial charge in [0.15, 0.2) is 6.61 Å². The zero-order valence-electron chi connectivity index (χ0n) is 14.4. The highest BCUT2D eigenvalue weighted by Gasteiger charge is 2.19. The van der Waals surface area contributed by atoms with E-state index in [1.54, 1.807) is 6.26 Å². The minimum absolute atomic E-state index is 0.0491. The Labute approximate surface area is 147 Å². The van der Waals surface area contributed by atoms with Gasteiger partial charge in [-0.1, -0.05) is 36.4 Å². The molecule has 4 heteroatoms. The van der Waals surface area contributed by atoms with Crippen molar-refractivity contribution in [3.8, 4) is 5.75 Å². The summed E-state index contributed by atoms with van der Waals surface area (Å²) in [4.78, 5) is 12.4. The van der Waals surface area contributed by atoms with Gasteiger partial charge in [0.1, 0.15) is 17.6 Å². The number of aryl methyl sites for hydroxylation is 2. The molecule has 0 bridgehead atoms. The SMILES string of the molecule is Cc1ccc(OCC(=O)NC(c2ccccc2)c2ccco2)cc1C. The van der Waals surface area contributed by atoms with Crippen LogP contribution in [-0.4, -0.2) is 12.5 Å². The van der Waals surface area contributed by atoms with Crippen molar-refractivity contribution in [3.63, 3.8) is 0 Å². The van der Waals surface area contributed by atoms with Crippen molar-refractivity contribution in [1.82, 2.24) is 5.32 Å². The molecule has 2 aromatic carbocycles. The molecule has 3 aromatic rings. The van der Waals surface area contributed by atoms with E-state index < -0.39 is 0 Å². The molecule has 1 atom stereocenters. The molecule has 0 aliphatic carbocycles. The number of carbonyl (C=O) groups excluding carboxylic acids is 1. The summed E-state index contributed by atoms with van der Waals surface area (Å²) in [6.45, 7) is 4.01. The number of furan rings is 1. The van der Waals surface area contributed by atoms with Crippen molar-refractivity contribution in [1.29, 1.82) is 0 Å². The maximum absolute atomic E-state index is 12.4. The number of hydrogen-bond donors (Lipinski definition) is 1. The van der Waals surface area contributed by atoms with E-state index in [9.17, 15) is 4.79 Å². The normalized spacial score (nSPS) is 11.8. The van der Waals surface area contributed by atoms with Crippen molar-refractivity contribution in [3.05, 3.63) is 89.4 Å². The van der Waals surface area contributed by atoms with E-state index in [-0.39, 0.29) is 18.6 Å². The molecule has 3 rings (SSSR count). The molecule has 0 radical (unpaired) electrons. The summed E-state index contributed by atoms with van der Waals surface area (Å²) in [5.74, 6) is 1.17. The van der Waals surface area contributed by atoms with Gasteiger partial charge in [0.2, 0.25) is 0 Å². The Balaban J connectivity index is 1.67. The lowest BCUT2D eigenvalue weighted by molar-refractivity contribution is -0.123. The summed E-state index contributed by atoms with van der Waals surface area (Å²) in [7, 11) is 0. The van der Waals surface area contributed by atoms with E-state index in [2.05, 4.69) is 5.32 Å². The number of ether oxygens (including phenoxy) is 1. The van der Waals surface area contributed by atoms with Crippen LogP contribution in [-0.2, 0) is 4.79 Å². The highest BCUT2D eigenvalue weighted by molar-refractivity contribution is 5.78. The number of rotatable bonds is 6. The summed E-state index contributed by atoms with van der Waals surface area (Å²) in [6, 6.07) is 18.8. The molecule has 1 N–H and O–H groups in total. The molecular weight excluding hydrogens is 314 g/mol. The lowest BCUT2D eigenvalue weighted by atomic mass is 10.0. The lowest BCUT2D eigenvalue weighted by Gasteiger charge is -2.17. The van der Waals surface area contributed by atoms with Crippen LogP contribution in [0.25, 0.3) is 0 Å². The molecule has 1 unspecified atom stereocenters. The van der Waals surface area contributed by atoms with Crippen LogP contribution in [0.15, 0.2) is 71.3 Å². The first-order chi connectivity index (χ1) is 12.1. The molecule has 128 valence electrons. The number of hydrogen-bond acceptors (Lipinski definition) is 3. The zero-order chi connectivity index (χ0) is 17.6. The van der Waals surface area contributed by atoms with E-state index in [1.165, 1.54) is 5.56 Å². The van der Waals surface area contributed by atoms with Crippen molar-refractivity contribution in [2.75, 3.05) is 6.61 Å². The smallest absolute Gasteiger partial charge is 0.258 e. The Kier molecular flexibility index (Phi) is 5.19. The van der Waals surface area contributed by atoms with Gasteiger partial charge in [-0.25, -0.2) is 0 Å².